The number of ether oxygens (including phenoxy) is 1. The molecule has 1 aromatic carbocycles. The Morgan fingerprint density at radius 3 is 2.62 bits per heavy atom. The number of hydrogen-bond donors (Lipinski definition) is 0. The third-order valence-electron chi connectivity index (χ3n) is 4.33. The van der Waals surface area contributed by atoms with Crippen LogP contribution in [0.25, 0.3) is 0 Å². The second-order valence-electron chi connectivity index (χ2n) is 6.15. The van der Waals surface area contributed by atoms with Crippen LogP contribution in [0.2, 0.25) is 0 Å². The molecule has 1 saturated heterocycles. The second-order valence-corrected chi connectivity index (χ2v) is 6.15. The summed E-state index contributed by atoms with van der Waals surface area (Å²) in [5, 5.41) is 0. The lowest BCUT2D eigenvalue weighted by molar-refractivity contribution is -0.0531. The van der Waals surface area contributed by atoms with Crippen LogP contribution in [0.1, 0.15) is 75.1 Å². The van der Waals surface area contributed by atoms with Gasteiger partial charge in [0.05, 0.1) is 12.2 Å². The van der Waals surface area contributed by atoms with E-state index in [9.17, 15) is 4.79 Å². The summed E-state index contributed by atoms with van der Waals surface area (Å²) in [4.78, 5) is 12.2. The molecule has 0 spiro atoms. The summed E-state index contributed by atoms with van der Waals surface area (Å²) in [6, 6.07) is 9.58. The molecule has 0 N–H and O–H groups in total. The maximum absolute atomic E-state index is 12.2. The normalized spacial score (nSPS) is 22.1. The zero-order valence-electron chi connectivity index (χ0n) is 13.2. The molecule has 2 atom stereocenters. The highest BCUT2D eigenvalue weighted by atomic mass is 16.5. The lowest BCUT2D eigenvalue weighted by Crippen LogP contribution is -2.29. The molecule has 1 fully saturated rings. The van der Waals surface area contributed by atoms with Gasteiger partial charge in [-0.15, -0.1) is 0 Å². The fraction of sp³-hybridized carbons (Fsp3) is 0.632. The molecule has 2 nitrogen and oxygen atoms in total. The molecule has 1 aromatic rings. The highest BCUT2D eigenvalue weighted by Crippen LogP contribution is 2.25. The first-order valence-electron chi connectivity index (χ1n) is 8.53. The van der Waals surface area contributed by atoms with Crippen LogP contribution in [0, 0.1) is 0 Å². The van der Waals surface area contributed by atoms with E-state index in [0.29, 0.717) is 12.5 Å². The van der Waals surface area contributed by atoms with Crippen LogP contribution in [0.3, 0.4) is 0 Å². The quantitative estimate of drug-likeness (QED) is 0.487. The molecule has 1 heterocycles. The molecular weight excluding hydrogens is 260 g/mol. The van der Waals surface area contributed by atoms with Gasteiger partial charge in [0.15, 0.2) is 5.78 Å². The molecule has 2 heteroatoms. The Bertz CT molecular complexity index is 413. The molecule has 21 heavy (non-hydrogen) atoms. The van der Waals surface area contributed by atoms with Gasteiger partial charge in [-0.25, -0.2) is 0 Å². The van der Waals surface area contributed by atoms with E-state index in [4.69, 9.17) is 4.74 Å². The average molecular weight is 288 g/mol. The van der Waals surface area contributed by atoms with E-state index < -0.39 is 0 Å². The van der Waals surface area contributed by atoms with Crippen molar-refractivity contribution >= 4 is 5.78 Å². The SMILES string of the molecule is CCCCCC[C@H]1CCC[C@H](CC(=O)c2ccccc2)O1. The highest BCUT2D eigenvalue weighted by Gasteiger charge is 2.24. The number of ketones is 1. The third kappa shape index (κ3) is 5.62. The molecule has 116 valence electrons. The monoisotopic (exact) mass is 288 g/mol. The van der Waals surface area contributed by atoms with Crippen LogP contribution in [-0.4, -0.2) is 18.0 Å². The van der Waals surface area contributed by atoms with Crippen molar-refractivity contribution in [1.29, 1.82) is 0 Å². The van der Waals surface area contributed by atoms with Gasteiger partial charge in [0.2, 0.25) is 0 Å². The number of unbranched alkanes of at least 4 members (excludes halogenated alkanes) is 3. The minimum atomic E-state index is 0.127. The molecule has 0 amide bonds. The summed E-state index contributed by atoms with van der Waals surface area (Å²) in [5.41, 5.74) is 0.811. The van der Waals surface area contributed by atoms with Gasteiger partial charge in [-0.05, 0) is 25.7 Å². The zero-order chi connectivity index (χ0) is 14.9. The van der Waals surface area contributed by atoms with Crippen molar-refractivity contribution in [2.24, 2.45) is 0 Å². The highest BCUT2D eigenvalue weighted by molar-refractivity contribution is 5.96. The summed E-state index contributed by atoms with van der Waals surface area (Å²) < 4.78 is 6.14. The maximum atomic E-state index is 12.2. The van der Waals surface area contributed by atoms with Gasteiger partial charge in [0, 0.05) is 12.0 Å². The van der Waals surface area contributed by atoms with Gasteiger partial charge < -0.3 is 4.74 Å². The van der Waals surface area contributed by atoms with Gasteiger partial charge >= 0.3 is 0 Å². The maximum Gasteiger partial charge on any atom is 0.165 e. The fourth-order valence-corrected chi connectivity index (χ4v) is 3.09. The van der Waals surface area contributed by atoms with E-state index in [-0.39, 0.29) is 11.9 Å². The number of carbonyl (C=O) groups excluding carboxylic acids is 1. The van der Waals surface area contributed by atoms with Crippen LogP contribution < -0.4 is 0 Å². The predicted molar refractivity (Wildman–Crippen MR) is 86.7 cm³/mol. The van der Waals surface area contributed by atoms with Gasteiger partial charge in [-0.3, -0.25) is 4.79 Å². The van der Waals surface area contributed by atoms with Crippen LogP contribution in [-0.2, 0) is 4.74 Å². The summed E-state index contributed by atoms with van der Waals surface area (Å²) >= 11 is 0. The largest absolute Gasteiger partial charge is 0.375 e. The Balaban J connectivity index is 1.74. The van der Waals surface area contributed by atoms with Crippen molar-refractivity contribution in [1.82, 2.24) is 0 Å². The van der Waals surface area contributed by atoms with Crippen LogP contribution >= 0.6 is 0 Å². The number of Topliss-reactive ketones (excluding diaryl/α,β-unsaturated/α-hetero) is 1. The number of carbonyl (C=O) groups is 1. The summed E-state index contributed by atoms with van der Waals surface area (Å²) in [7, 11) is 0. The molecule has 0 saturated carbocycles. The predicted octanol–water partition coefficient (Wildman–Crippen LogP) is 5.17. The van der Waals surface area contributed by atoms with Crippen LogP contribution in [0.15, 0.2) is 30.3 Å². The van der Waals surface area contributed by atoms with E-state index in [2.05, 4.69) is 6.92 Å². The molecule has 0 aromatic heterocycles. The van der Waals surface area contributed by atoms with Gasteiger partial charge in [-0.2, -0.15) is 0 Å². The molecule has 0 bridgehead atoms. The first kappa shape index (κ1) is 16.2. The van der Waals surface area contributed by atoms with E-state index in [1.807, 2.05) is 30.3 Å². The minimum Gasteiger partial charge on any atom is -0.375 e. The number of benzene rings is 1. The number of hydrogen-bond acceptors (Lipinski definition) is 2. The lowest BCUT2D eigenvalue weighted by atomic mass is 9.95. The van der Waals surface area contributed by atoms with Crippen molar-refractivity contribution in [3.05, 3.63) is 35.9 Å². The Hall–Kier alpha value is -1.15. The third-order valence-corrected chi connectivity index (χ3v) is 4.33. The van der Waals surface area contributed by atoms with E-state index in [1.165, 1.54) is 38.5 Å². The molecule has 0 aliphatic carbocycles. The van der Waals surface area contributed by atoms with Gasteiger partial charge in [-0.1, -0.05) is 62.9 Å². The van der Waals surface area contributed by atoms with Crippen molar-refractivity contribution < 1.29 is 9.53 Å². The van der Waals surface area contributed by atoms with E-state index >= 15 is 0 Å². The average Bonchev–Trinajstić information content (AvgIpc) is 2.53. The molecule has 1 aliphatic rings. The van der Waals surface area contributed by atoms with Gasteiger partial charge in [0.25, 0.3) is 0 Å². The van der Waals surface area contributed by atoms with Crippen molar-refractivity contribution in [3.63, 3.8) is 0 Å². The van der Waals surface area contributed by atoms with Crippen molar-refractivity contribution in [2.45, 2.75) is 76.9 Å². The smallest absolute Gasteiger partial charge is 0.165 e. The molecular formula is C19H28O2. The van der Waals surface area contributed by atoms with Crippen LogP contribution in [0.5, 0.6) is 0 Å². The Morgan fingerprint density at radius 2 is 1.86 bits per heavy atom. The minimum absolute atomic E-state index is 0.127. The molecule has 0 unspecified atom stereocenters. The zero-order valence-corrected chi connectivity index (χ0v) is 13.2. The summed E-state index contributed by atoms with van der Waals surface area (Å²) in [5.74, 6) is 0.215. The Kier molecular flexibility index (Phi) is 6.94. The standard InChI is InChI=1S/C19H28O2/c1-2-3-4-8-12-17-13-9-14-18(21-17)15-19(20)16-10-6-5-7-11-16/h5-7,10-11,17-18H,2-4,8-9,12-15H2,1H3/t17-,18+/m0/s1. The summed E-state index contributed by atoms with van der Waals surface area (Å²) in [6.07, 6.45) is 10.8. The first-order valence-corrected chi connectivity index (χ1v) is 8.53. The Morgan fingerprint density at radius 1 is 1.10 bits per heavy atom. The van der Waals surface area contributed by atoms with Crippen molar-refractivity contribution in [2.75, 3.05) is 0 Å². The second kappa shape index (κ2) is 8.99. The van der Waals surface area contributed by atoms with Gasteiger partial charge in [0.1, 0.15) is 0 Å². The fourth-order valence-electron chi connectivity index (χ4n) is 3.09. The summed E-state index contributed by atoms with van der Waals surface area (Å²) in [6.45, 7) is 2.24. The molecule has 1 aliphatic heterocycles. The Labute approximate surface area is 128 Å². The first-order chi connectivity index (χ1) is 10.3. The number of rotatable bonds is 8. The lowest BCUT2D eigenvalue weighted by Gasteiger charge is -2.30. The topological polar surface area (TPSA) is 26.3 Å². The van der Waals surface area contributed by atoms with Crippen molar-refractivity contribution in [3.8, 4) is 0 Å². The van der Waals surface area contributed by atoms with Crippen LogP contribution in [0.4, 0.5) is 0 Å². The van der Waals surface area contributed by atoms with E-state index in [0.717, 1.165) is 18.4 Å². The molecule has 0 radical (unpaired) electrons. The molecule has 2 rings (SSSR count). The van der Waals surface area contributed by atoms with E-state index in [1.54, 1.807) is 0 Å².